The van der Waals surface area contributed by atoms with Gasteiger partial charge in [0.1, 0.15) is 6.61 Å². The summed E-state index contributed by atoms with van der Waals surface area (Å²) in [7, 11) is 0. The summed E-state index contributed by atoms with van der Waals surface area (Å²) in [5.74, 6) is -0.0226. The molecule has 4 nitrogen and oxygen atoms in total. The van der Waals surface area contributed by atoms with Gasteiger partial charge in [0.25, 0.3) is 0 Å². The highest BCUT2D eigenvalue weighted by atomic mass is 16.6. The smallest absolute Gasteiger partial charge is 0.238 e. The molecule has 0 rings (SSSR count). The second kappa shape index (κ2) is 10.5. The Morgan fingerprint density at radius 3 is 2.12 bits per heavy atom. The molecule has 0 heterocycles. The SMILES string of the molecule is CCCCCCCCCC(C)C(CO)[N+](=O)[O-]. The van der Waals surface area contributed by atoms with E-state index in [1.165, 1.54) is 32.1 Å². The lowest BCUT2D eigenvalue weighted by Gasteiger charge is -2.14. The van der Waals surface area contributed by atoms with Crippen molar-refractivity contribution in [1.82, 2.24) is 0 Å². The molecule has 0 saturated heterocycles. The second-order valence-electron chi connectivity index (χ2n) is 4.92. The summed E-state index contributed by atoms with van der Waals surface area (Å²) < 4.78 is 0. The minimum absolute atomic E-state index is 0.0226. The predicted octanol–water partition coefficient (Wildman–Crippen LogP) is 3.40. The number of aliphatic hydroxyl groups is 1. The third-order valence-corrected chi connectivity index (χ3v) is 3.38. The van der Waals surface area contributed by atoms with Crippen LogP contribution < -0.4 is 0 Å². The largest absolute Gasteiger partial charge is 0.389 e. The summed E-state index contributed by atoms with van der Waals surface area (Å²) in [4.78, 5) is 10.3. The molecule has 0 saturated carbocycles. The molecule has 17 heavy (non-hydrogen) atoms. The Kier molecular flexibility index (Phi) is 10.1. The summed E-state index contributed by atoms with van der Waals surface area (Å²) >= 11 is 0. The van der Waals surface area contributed by atoms with E-state index in [0.717, 1.165) is 19.3 Å². The molecule has 2 unspecified atom stereocenters. The van der Waals surface area contributed by atoms with Crippen LogP contribution >= 0.6 is 0 Å². The van der Waals surface area contributed by atoms with Crippen molar-refractivity contribution in [3.05, 3.63) is 10.1 Å². The van der Waals surface area contributed by atoms with Gasteiger partial charge in [0, 0.05) is 10.8 Å². The fourth-order valence-corrected chi connectivity index (χ4v) is 2.07. The van der Waals surface area contributed by atoms with Gasteiger partial charge >= 0.3 is 0 Å². The van der Waals surface area contributed by atoms with E-state index in [4.69, 9.17) is 5.11 Å². The number of nitrogens with zero attached hydrogens (tertiary/aromatic N) is 1. The minimum atomic E-state index is -0.782. The van der Waals surface area contributed by atoms with Crippen LogP contribution in [0.25, 0.3) is 0 Å². The summed E-state index contributed by atoms with van der Waals surface area (Å²) in [5, 5.41) is 19.5. The third kappa shape index (κ3) is 8.13. The summed E-state index contributed by atoms with van der Waals surface area (Å²) in [6.07, 6.45) is 9.43. The first-order valence-electron chi connectivity index (χ1n) is 6.87. The molecule has 2 atom stereocenters. The Bertz CT molecular complexity index is 197. The van der Waals surface area contributed by atoms with Crippen molar-refractivity contribution in [3.8, 4) is 0 Å². The molecule has 0 aromatic rings. The summed E-state index contributed by atoms with van der Waals surface area (Å²) in [5.41, 5.74) is 0. The van der Waals surface area contributed by atoms with Crippen molar-refractivity contribution in [2.24, 2.45) is 5.92 Å². The highest BCUT2D eigenvalue weighted by Crippen LogP contribution is 2.16. The van der Waals surface area contributed by atoms with Gasteiger partial charge in [-0.3, -0.25) is 10.1 Å². The zero-order valence-corrected chi connectivity index (χ0v) is 11.2. The maximum Gasteiger partial charge on any atom is 0.238 e. The lowest BCUT2D eigenvalue weighted by Crippen LogP contribution is -2.30. The monoisotopic (exact) mass is 245 g/mol. The van der Waals surface area contributed by atoms with Crippen molar-refractivity contribution in [1.29, 1.82) is 0 Å². The van der Waals surface area contributed by atoms with Crippen molar-refractivity contribution in [2.75, 3.05) is 6.61 Å². The van der Waals surface area contributed by atoms with Crippen LogP contribution in [0.15, 0.2) is 0 Å². The van der Waals surface area contributed by atoms with Crippen LogP contribution in [0, 0.1) is 16.0 Å². The average Bonchev–Trinajstić information content (AvgIpc) is 2.28. The van der Waals surface area contributed by atoms with E-state index >= 15 is 0 Å². The molecule has 0 aromatic carbocycles. The van der Waals surface area contributed by atoms with Crippen LogP contribution in [-0.2, 0) is 0 Å². The standard InChI is InChI=1S/C13H27NO3/c1-3-4-5-6-7-8-9-10-12(2)13(11-15)14(16)17/h12-13,15H,3-11H2,1-2H3. The van der Waals surface area contributed by atoms with Crippen LogP contribution in [0.1, 0.15) is 65.2 Å². The molecular formula is C13H27NO3. The van der Waals surface area contributed by atoms with E-state index in [9.17, 15) is 10.1 Å². The maximum absolute atomic E-state index is 10.6. The first-order valence-corrected chi connectivity index (χ1v) is 6.87. The van der Waals surface area contributed by atoms with Gasteiger partial charge in [0.2, 0.25) is 6.04 Å². The highest BCUT2D eigenvalue weighted by Gasteiger charge is 2.26. The fraction of sp³-hybridized carbons (Fsp3) is 1.00. The Balaban J connectivity index is 3.50. The molecule has 102 valence electrons. The van der Waals surface area contributed by atoms with Gasteiger partial charge in [-0.2, -0.15) is 0 Å². The minimum Gasteiger partial charge on any atom is -0.389 e. The summed E-state index contributed by atoms with van der Waals surface area (Å²) in [6, 6.07) is -0.782. The van der Waals surface area contributed by atoms with Gasteiger partial charge in [0.15, 0.2) is 0 Å². The normalized spacial score (nSPS) is 14.5. The van der Waals surface area contributed by atoms with Crippen LogP contribution in [0.2, 0.25) is 0 Å². The van der Waals surface area contributed by atoms with Gasteiger partial charge < -0.3 is 5.11 Å². The first kappa shape index (κ1) is 16.4. The van der Waals surface area contributed by atoms with Gasteiger partial charge in [-0.25, -0.2) is 0 Å². The first-order chi connectivity index (χ1) is 8.13. The van der Waals surface area contributed by atoms with Crippen LogP contribution in [-0.4, -0.2) is 22.7 Å². The number of aliphatic hydroxyl groups excluding tert-OH is 1. The van der Waals surface area contributed by atoms with E-state index in [0.29, 0.717) is 0 Å². The fourth-order valence-electron chi connectivity index (χ4n) is 2.07. The van der Waals surface area contributed by atoms with Gasteiger partial charge in [0.05, 0.1) is 0 Å². The Morgan fingerprint density at radius 1 is 1.12 bits per heavy atom. The highest BCUT2D eigenvalue weighted by molar-refractivity contribution is 4.64. The van der Waals surface area contributed by atoms with E-state index in [1.807, 2.05) is 6.92 Å². The average molecular weight is 245 g/mol. The summed E-state index contributed by atoms with van der Waals surface area (Å²) in [6.45, 7) is 3.72. The number of hydrogen-bond donors (Lipinski definition) is 1. The van der Waals surface area contributed by atoms with E-state index in [1.54, 1.807) is 0 Å². The zero-order valence-electron chi connectivity index (χ0n) is 11.2. The Morgan fingerprint density at radius 2 is 1.65 bits per heavy atom. The van der Waals surface area contributed by atoms with Gasteiger partial charge in [-0.05, 0) is 6.42 Å². The van der Waals surface area contributed by atoms with Crippen molar-refractivity contribution >= 4 is 0 Å². The molecule has 0 amide bonds. The number of nitro groups is 1. The van der Waals surface area contributed by atoms with Crippen molar-refractivity contribution < 1.29 is 10.0 Å². The van der Waals surface area contributed by atoms with Crippen LogP contribution in [0.5, 0.6) is 0 Å². The van der Waals surface area contributed by atoms with Crippen LogP contribution in [0.3, 0.4) is 0 Å². The topological polar surface area (TPSA) is 63.4 Å². The third-order valence-electron chi connectivity index (χ3n) is 3.38. The van der Waals surface area contributed by atoms with E-state index < -0.39 is 6.04 Å². The van der Waals surface area contributed by atoms with Gasteiger partial charge in [-0.1, -0.05) is 58.8 Å². The molecule has 4 heteroatoms. The molecule has 0 aromatic heterocycles. The molecule has 0 fully saturated rings. The number of rotatable bonds is 11. The second-order valence-corrected chi connectivity index (χ2v) is 4.92. The molecular weight excluding hydrogens is 218 g/mol. The van der Waals surface area contributed by atoms with E-state index in [2.05, 4.69) is 6.92 Å². The molecule has 0 aliphatic carbocycles. The quantitative estimate of drug-likeness (QED) is 0.345. The maximum atomic E-state index is 10.6. The molecule has 0 aliphatic heterocycles. The molecule has 1 N–H and O–H groups in total. The van der Waals surface area contributed by atoms with Gasteiger partial charge in [-0.15, -0.1) is 0 Å². The number of hydrogen-bond acceptors (Lipinski definition) is 3. The molecule has 0 radical (unpaired) electrons. The van der Waals surface area contributed by atoms with Crippen molar-refractivity contribution in [3.63, 3.8) is 0 Å². The zero-order chi connectivity index (χ0) is 13.1. The molecule has 0 spiro atoms. The van der Waals surface area contributed by atoms with E-state index in [-0.39, 0.29) is 17.4 Å². The lowest BCUT2D eigenvalue weighted by atomic mass is 9.95. The van der Waals surface area contributed by atoms with Crippen LogP contribution in [0.4, 0.5) is 0 Å². The van der Waals surface area contributed by atoms with Crippen molar-refractivity contribution in [2.45, 2.75) is 71.3 Å². The number of unbranched alkanes of at least 4 members (excludes halogenated alkanes) is 6. The Labute approximate surface area is 105 Å². The lowest BCUT2D eigenvalue weighted by molar-refractivity contribution is -0.535. The Hall–Kier alpha value is -0.640. The molecule has 0 aliphatic rings. The predicted molar refractivity (Wildman–Crippen MR) is 69.6 cm³/mol. The molecule has 0 bridgehead atoms.